The van der Waals surface area contributed by atoms with Crippen LogP contribution in [-0.4, -0.2) is 16.7 Å². The fourth-order valence-corrected chi connectivity index (χ4v) is 2.07. The fourth-order valence-electron chi connectivity index (χ4n) is 2.07. The highest BCUT2D eigenvalue weighted by molar-refractivity contribution is 5.80. The first-order valence-electron chi connectivity index (χ1n) is 6.26. The van der Waals surface area contributed by atoms with Crippen LogP contribution in [0.15, 0.2) is 30.5 Å². The van der Waals surface area contributed by atoms with Crippen LogP contribution in [0.25, 0.3) is 10.9 Å². The minimum Gasteiger partial charge on any atom is -0.346 e. The lowest BCUT2D eigenvalue weighted by Gasteiger charge is -2.20. The summed E-state index contributed by atoms with van der Waals surface area (Å²) in [4.78, 5) is 0. The van der Waals surface area contributed by atoms with Crippen molar-refractivity contribution < 1.29 is 0 Å². The smallest absolute Gasteiger partial charge is 0.0480 e. The van der Waals surface area contributed by atoms with E-state index in [4.69, 9.17) is 0 Å². The Labute approximate surface area is 104 Å². The average Bonchev–Trinajstić information content (AvgIpc) is 2.59. The summed E-state index contributed by atoms with van der Waals surface area (Å²) in [6.45, 7) is 10.8. The Hall–Kier alpha value is -1.28. The van der Waals surface area contributed by atoms with Gasteiger partial charge in [0.25, 0.3) is 0 Å². The van der Waals surface area contributed by atoms with Crippen LogP contribution in [0.2, 0.25) is 0 Å². The molecule has 1 N–H and O–H groups in total. The standard InChI is InChI=1S/C15H22N2/c1-12-5-6-14-13(11-12)7-9-17(14)10-8-16-15(2,3)4/h5-7,9,11,16H,8,10H2,1-4H3. The maximum atomic E-state index is 3.52. The van der Waals surface area contributed by atoms with E-state index in [0.29, 0.717) is 0 Å². The minimum absolute atomic E-state index is 0.194. The van der Waals surface area contributed by atoms with Gasteiger partial charge in [-0.1, -0.05) is 11.6 Å². The number of nitrogens with one attached hydrogen (secondary N) is 1. The van der Waals surface area contributed by atoms with Gasteiger partial charge in [-0.3, -0.25) is 0 Å². The summed E-state index contributed by atoms with van der Waals surface area (Å²) < 4.78 is 2.31. The van der Waals surface area contributed by atoms with E-state index in [-0.39, 0.29) is 5.54 Å². The Balaban J connectivity index is 2.09. The topological polar surface area (TPSA) is 17.0 Å². The van der Waals surface area contributed by atoms with E-state index in [0.717, 1.165) is 13.1 Å². The van der Waals surface area contributed by atoms with Crippen LogP contribution in [0.1, 0.15) is 26.3 Å². The molecule has 2 aromatic rings. The van der Waals surface area contributed by atoms with E-state index in [1.165, 1.54) is 16.5 Å². The van der Waals surface area contributed by atoms with Crippen molar-refractivity contribution in [2.75, 3.05) is 6.54 Å². The van der Waals surface area contributed by atoms with Crippen molar-refractivity contribution in [2.24, 2.45) is 0 Å². The second-order valence-corrected chi connectivity index (χ2v) is 5.75. The van der Waals surface area contributed by atoms with Crippen molar-refractivity contribution in [3.8, 4) is 0 Å². The SMILES string of the molecule is Cc1ccc2c(ccn2CCNC(C)(C)C)c1. The van der Waals surface area contributed by atoms with E-state index in [1.54, 1.807) is 0 Å². The van der Waals surface area contributed by atoms with Crippen molar-refractivity contribution in [1.82, 2.24) is 9.88 Å². The van der Waals surface area contributed by atoms with Crippen LogP contribution < -0.4 is 5.32 Å². The summed E-state index contributed by atoms with van der Waals surface area (Å²) >= 11 is 0. The Morgan fingerprint density at radius 3 is 2.65 bits per heavy atom. The summed E-state index contributed by atoms with van der Waals surface area (Å²) in [7, 11) is 0. The molecule has 0 bridgehead atoms. The maximum Gasteiger partial charge on any atom is 0.0480 e. The molecule has 0 unspecified atom stereocenters. The van der Waals surface area contributed by atoms with Crippen molar-refractivity contribution in [2.45, 2.75) is 39.8 Å². The molecule has 1 aromatic carbocycles. The van der Waals surface area contributed by atoms with Gasteiger partial charge in [0.15, 0.2) is 0 Å². The Morgan fingerprint density at radius 1 is 1.18 bits per heavy atom. The molecule has 1 heterocycles. The Morgan fingerprint density at radius 2 is 1.94 bits per heavy atom. The lowest BCUT2D eigenvalue weighted by atomic mass is 10.1. The molecule has 2 heteroatoms. The predicted octanol–water partition coefficient (Wildman–Crippen LogP) is 3.34. The zero-order chi connectivity index (χ0) is 12.5. The zero-order valence-corrected chi connectivity index (χ0v) is 11.2. The first kappa shape index (κ1) is 12.2. The lowest BCUT2D eigenvalue weighted by Crippen LogP contribution is -2.37. The van der Waals surface area contributed by atoms with Gasteiger partial charge < -0.3 is 9.88 Å². The molecule has 0 spiro atoms. The molecule has 0 fully saturated rings. The lowest BCUT2D eigenvalue weighted by molar-refractivity contribution is 0.414. The molecule has 1 aromatic heterocycles. The summed E-state index contributed by atoms with van der Waals surface area (Å²) in [6, 6.07) is 8.82. The normalized spacial score (nSPS) is 12.2. The second-order valence-electron chi connectivity index (χ2n) is 5.75. The third-order valence-corrected chi connectivity index (χ3v) is 2.93. The molecule has 2 rings (SSSR count). The molecule has 0 aliphatic heterocycles. The third-order valence-electron chi connectivity index (χ3n) is 2.93. The third kappa shape index (κ3) is 3.10. The van der Waals surface area contributed by atoms with E-state index in [9.17, 15) is 0 Å². The van der Waals surface area contributed by atoms with Gasteiger partial charge in [0.1, 0.15) is 0 Å². The number of benzene rings is 1. The van der Waals surface area contributed by atoms with Crippen molar-refractivity contribution in [3.63, 3.8) is 0 Å². The first-order valence-corrected chi connectivity index (χ1v) is 6.26. The highest BCUT2D eigenvalue weighted by atomic mass is 15.0. The van der Waals surface area contributed by atoms with Crippen molar-refractivity contribution in [3.05, 3.63) is 36.0 Å². The van der Waals surface area contributed by atoms with E-state index in [1.807, 2.05) is 0 Å². The maximum absolute atomic E-state index is 3.52. The van der Waals surface area contributed by atoms with Gasteiger partial charge in [-0.2, -0.15) is 0 Å². The molecule has 0 atom stereocenters. The number of fused-ring (bicyclic) bond motifs is 1. The first-order chi connectivity index (χ1) is 7.96. The van der Waals surface area contributed by atoms with Gasteiger partial charge in [0.05, 0.1) is 0 Å². The van der Waals surface area contributed by atoms with Gasteiger partial charge in [0.2, 0.25) is 0 Å². The van der Waals surface area contributed by atoms with Crippen LogP contribution >= 0.6 is 0 Å². The molecule has 17 heavy (non-hydrogen) atoms. The van der Waals surface area contributed by atoms with Gasteiger partial charge in [0, 0.05) is 30.3 Å². The van der Waals surface area contributed by atoms with Gasteiger partial charge in [-0.25, -0.2) is 0 Å². The van der Waals surface area contributed by atoms with E-state index in [2.05, 4.69) is 68.0 Å². The van der Waals surface area contributed by atoms with E-state index >= 15 is 0 Å². The molecule has 92 valence electrons. The number of aromatic nitrogens is 1. The predicted molar refractivity (Wildman–Crippen MR) is 74.4 cm³/mol. The van der Waals surface area contributed by atoms with Crippen molar-refractivity contribution in [1.29, 1.82) is 0 Å². The van der Waals surface area contributed by atoms with Crippen LogP contribution in [0.3, 0.4) is 0 Å². The molecule has 0 aliphatic rings. The van der Waals surface area contributed by atoms with Gasteiger partial charge >= 0.3 is 0 Å². The molecular weight excluding hydrogens is 208 g/mol. The molecular formula is C15H22N2. The highest BCUT2D eigenvalue weighted by Crippen LogP contribution is 2.17. The average molecular weight is 230 g/mol. The summed E-state index contributed by atoms with van der Waals surface area (Å²) in [5, 5.41) is 4.85. The van der Waals surface area contributed by atoms with Crippen LogP contribution in [0.5, 0.6) is 0 Å². The Kier molecular flexibility index (Phi) is 3.25. The largest absolute Gasteiger partial charge is 0.346 e. The minimum atomic E-state index is 0.194. The molecule has 0 radical (unpaired) electrons. The van der Waals surface area contributed by atoms with E-state index < -0.39 is 0 Å². The summed E-state index contributed by atoms with van der Waals surface area (Å²) in [6.07, 6.45) is 2.18. The number of hydrogen-bond donors (Lipinski definition) is 1. The zero-order valence-electron chi connectivity index (χ0n) is 11.2. The van der Waals surface area contributed by atoms with Crippen LogP contribution in [-0.2, 0) is 6.54 Å². The number of rotatable bonds is 3. The molecule has 0 amide bonds. The molecule has 0 aliphatic carbocycles. The van der Waals surface area contributed by atoms with Gasteiger partial charge in [-0.15, -0.1) is 0 Å². The Bertz CT molecular complexity index is 503. The summed E-state index contributed by atoms with van der Waals surface area (Å²) in [5.41, 5.74) is 2.84. The monoisotopic (exact) mass is 230 g/mol. The molecule has 2 nitrogen and oxygen atoms in total. The molecule has 0 saturated heterocycles. The summed E-state index contributed by atoms with van der Waals surface area (Å²) in [5.74, 6) is 0. The number of hydrogen-bond acceptors (Lipinski definition) is 1. The van der Waals surface area contributed by atoms with Crippen LogP contribution in [0, 0.1) is 6.92 Å². The number of aryl methyl sites for hydroxylation is 1. The fraction of sp³-hybridized carbons (Fsp3) is 0.467. The van der Waals surface area contributed by atoms with Crippen molar-refractivity contribution >= 4 is 10.9 Å². The number of nitrogens with zero attached hydrogens (tertiary/aromatic N) is 1. The highest BCUT2D eigenvalue weighted by Gasteiger charge is 2.08. The van der Waals surface area contributed by atoms with Crippen LogP contribution in [0.4, 0.5) is 0 Å². The molecule has 0 saturated carbocycles. The van der Waals surface area contributed by atoms with Gasteiger partial charge in [-0.05, 0) is 51.3 Å². The quantitative estimate of drug-likeness (QED) is 0.855. The second kappa shape index (κ2) is 4.53.